The molecule has 68 valence electrons. The third-order valence-electron chi connectivity index (χ3n) is 2.68. The van der Waals surface area contributed by atoms with Gasteiger partial charge in [-0.2, -0.15) is 0 Å². The van der Waals surface area contributed by atoms with Gasteiger partial charge in [-0.25, -0.2) is 0 Å². The van der Waals surface area contributed by atoms with E-state index in [2.05, 4.69) is 34.9 Å². The lowest BCUT2D eigenvalue weighted by Crippen LogP contribution is -2.53. The van der Waals surface area contributed by atoms with Gasteiger partial charge in [0.15, 0.2) is 6.23 Å². The number of rotatable bonds is 4. The van der Waals surface area contributed by atoms with Crippen LogP contribution in [0.5, 0.6) is 0 Å². The first kappa shape index (κ1) is 10.9. The van der Waals surface area contributed by atoms with Crippen LogP contribution in [-0.4, -0.2) is 37.5 Å². The van der Waals surface area contributed by atoms with Gasteiger partial charge in [-0.3, -0.25) is 0 Å². The summed E-state index contributed by atoms with van der Waals surface area (Å²) in [5.41, 5.74) is 0. The fraction of sp³-hybridized carbons (Fsp3) is 1.00. The topological polar surface area (TPSA) is 9.23 Å². The Hall–Kier alpha value is -0.0800. The van der Waals surface area contributed by atoms with Crippen molar-refractivity contribution in [1.82, 2.24) is 0 Å². The molecular formula is C9H22NO+. The van der Waals surface area contributed by atoms with Crippen molar-refractivity contribution in [3.05, 3.63) is 0 Å². The van der Waals surface area contributed by atoms with Crippen molar-refractivity contribution in [1.29, 1.82) is 0 Å². The molecule has 2 nitrogen and oxygen atoms in total. The normalized spacial score (nSPS) is 15.5. The number of hydrogen-bond donors (Lipinski definition) is 0. The molecule has 0 aromatic carbocycles. The molecule has 0 bridgehead atoms. The highest BCUT2D eigenvalue weighted by molar-refractivity contribution is 4.41. The fourth-order valence-electron chi connectivity index (χ4n) is 0.853. The summed E-state index contributed by atoms with van der Waals surface area (Å²) < 4.78 is 6.46. The highest BCUT2D eigenvalue weighted by Gasteiger charge is 2.27. The molecule has 0 radical (unpaired) electrons. The Balaban J connectivity index is 4.05. The minimum Gasteiger partial charge on any atom is -0.330 e. The van der Waals surface area contributed by atoms with Crippen molar-refractivity contribution in [2.45, 2.75) is 40.0 Å². The first-order valence-corrected chi connectivity index (χ1v) is 4.37. The maximum absolute atomic E-state index is 5.54. The average Bonchev–Trinajstić information content (AvgIpc) is 1.88. The van der Waals surface area contributed by atoms with Crippen LogP contribution in [0.1, 0.15) is 27.7 Å². The van der Waals surface area contributed by atoms with Crippen LogP contribution in [0, 0.1) is 0 Å². The molecule has 0 heterocycles. The van der Waals surface area contributed by atoms with Crippen LogP contribution in [-0.2, 0) is 4.74 Å². The maximum Gasteiger partial charge on any atom is 0.190 e. The van der Waals surface area contributed by atoms with Crippen LogP contribution < -0.4 is 0 Å². The predicted molar refractivity (Wildman–Crippen MR) is 48.3 cm³/mol. The first-order chi connectivity index (χ1) is 4.92. The molecule has 0 aromatic rings. The van der Waals surface area contributed by atoms with Crippen molar-refractivity contribution >= 4 is 0 Å². The van der Waals surface area contributed by atoms with Gasteiger partial charge in [-0.15, -0.1) is 0 Å². The maximum atomic E-state index is 5.54. The molecule has 11 heavy (non-hydrogen) atoms. The van der Waals surface area contributed by atoms with E-state index in [9.17, 15) is 0 Å². The Morgan fingerprint density at radius 1 is 1.18 bits per heavy atom. The summed E-state index contributed by atoms with van der Waals surface area (Å²) in [6, 6.07) is 0.608. The second-order valence-corrected chi connectivity index (χ2v) is 3.78. The van der Waals surface area contributed by atoms with Crippen LogP contribution in [0.25, 0.3) is 0 Å². The zero-order chi connectivity index (χ0) is 9.07. The number of hydrogen-bond acceptors (Lipinski definition) is 1. The van der Waals surface area contributed by atoms with Crippen molar-refractivity contribution < 1.29 is 9.22 Å². The predicted octanol–water partition coefficient (Wildman–Crippen LogP) is 1.85. The second kappa shape index (κ2) is 4.07. The number of ether oxygens (including phenoxy) is 1. The van der Waals surface area contributed by atoms with Gasteiger partial charge in [0.05, 0.1) is 26.7 Å². The molecule has 0 aromatic heterocycles. The molecule has 0 aliphatic rings. The Morgan fingerprint density at radius 2 is 1.64 bits per heavy atom. The SMILES string of the molecule is CCOC(C)[N+](C)(C)C(C)C. The van der Waals surface area contributed by atoms with Gasteiger partial charge in [0.2, 0.25) is 0 Å². The molecule has 1 unspecified atom stereocenters. The third-order valence-corrected chi connectivity index (χ3v) is 2.68. The average molecular weight is 160 g/mol. The molecule has 2 heteroatoms. The van der Waals surface area contributed by atoms with Crippen molar-refractivity contribution in [2.75, 3.05) is 20.7 Å². The lowest BCUT2D eigenvalue weighted by Gasteiger charge is -2.39. The summed E-state index contributed by atoms with van der Waals surface area (Å²) in [6.45, 7) is 9.40. The van der Waals surface area contributed by atoms with Gasteiger partial charge < -0.3 is 9.22 Å². The Labute approximate surface area is 70.7 Å². The van der Waals surface area contributed by atoms with Gasteiger partial charge in [-0.05, 0) is 20.8 Å². The van der Waals surface area contributed by atoms with Crippen molar-refractivity contribution in [3.63, 3.8) is 0 Å². The first-order valence-electron chi connectivity index (χ1n) is 4.37. The molecule has 0 aliphatic carbocycles. The number of nitrogens with zero attached hydrogens (tertiary/aromatic N) is 1. The van der Waals surface area contributed by atoms with Crippen LogP contribution in [0.3, 0.4) is 0 Å². The molecule has 0 saturated heterocycles. The molecule has 0 amide bonds. The van der Waals surface area contributed by atoms with Gasteiger partial charge in [0, 0.05) is 6.92 Å². The molecule has 1 atom stereocenters. The van der Waals surface area contributed by atoms with Crippen LogP contribution in [0.4, 0.5) is 0 Å². The minimum absolute atomic E-state index is 0.292. The van der Waals surface area contributed by atoms with Crippen LogP contribution >= 0.6 is 0 Å². The highest BCUT2D eigenvalue weighted by atomic mass is 16.5. The van der Waals surface area contributed by atoms with Gasteiger partial charge in [0.1, 0.15) is 0 Å². The quantitative estimate of drug-likeness (QED) is 0.450. The zero-order valence-corrected chi connectivity index (χ0v) is 8.72. The zero-order valence-electron chi connectivity index (χ0n) is 8.72. The molecule has 0 rings (SSSR count). The Bertz CT molecular complexity index is 110. The van der Waals surface area contributed by atoms with E-state index < -0.39 is 0 Å². The lowest BCUT2D eigenvalue weighted by atomic mass is 10.3. The minimum atomic E-state index is 0.292. The molecule has 0 spiro atoms. The summed E-state index contributed by atoms with van der Waals surface area (Å²) in [6.07, 6.45) is 0.292. The molecule has 0 saturated carbocycles. The standard InChI is InChI=1S/C9H22NO/c1-7-11-9(4)10(5,6)8(2)3/h8-9H,7H2,1-6H3/q+1. The smallest absolute Gasteiger partial charge is 0.190 e. The summed E-state index contributed by atoms with van der Waals surface area (Å²) in [4.78, 5) is 0. The Kier molecular flexibility index (Phi) is 4.04. The van der Waals surface area contributed by atoms with E-state index in [4.69, 9.17) is 4.74 Å². The van der Waals surface area contributed by atoms with E-state index in [1.165, 1.54) is 0 Å². The van der Waals surface area contributed by atoms with Gasteiger partial charge >= 0.3 is 0 Å². The monoisotopic (exact) mass is 160 g/mol. The second-order valence-electron chi connectivity index (χ2n) is 3.78. The molecule has 0 aliphatic heterocycles. The third kappa shape index (κ3) is 2.80. The van der Waals surface area contributed by atoms with E-state index in [1.807, 2.05) is 6.92 Å². The van der Waals surface area contributed by atoms with E-state index >= 15 is 0 Å². The van der Waals surface area contributed by atoms with Crippen LogP contribution in [0.2, 0.25) is 0 Å². The molecule has 0 N–H and O–H groups in total. The van der Waals surface area contributed by atoms with Gasteiger partial charge in [0.25, 0.3) is 0 Å². The summed E-state index contributed by atoms with van der Waals surface area (Å²) in [5.74, 6) is 0. The van der Waals surface area contributed by atoms with Crippen LogP contribution in [0.15, 0.2) is 0 Å². The molecular weight excluding hydrogens is 138 g/mol. The summed E-state index contributed by atoms with van der Waals surface area (Å²) in [7, 11) is 4.40. The van der Waals surface area contributed by atoms with E-state index in [0.29, 0.717) is 12.3 Å². The Morgan fingerprint density at radius 3 is 1.91 bits per heavy atom. The lowest BCUT2D eigenvalue weighted by molar-refractivity contribution is -0.954. The van der Waals surface area contributed by atoms with E-state index in [0.717, 1.165) is 11.1 Å². The summed E-state index contributed by atoms with van der Waals surface area (Å²) >= 11 is 0. The summed E-state index contributed by atoms with van der Waals surface area (Å²) in [5, 5.41) is 0. The van der Waals surface area contributed by atoms with E-state index in [1.54, 1.807) is 0 Å². The van der Waals surface area contributed by atoms with E-state index in [-0.39, 0.29) is 0 Å². The van der Waals surface area contributed by atoms with Crippen molar-refractivity contribution in [3.8, 4) is 0 Å². The highest BCUT2D eigenvalue weighted by Crippen LogP contribution is 2.12. The fourth-order valence-corrected chi connectivity index (χ4v) is 0.853. The molecule has 0 fully saturated rings. The van der Waals surface area contributed by atoms with Crippen molar-refractivity contribution in [2.24, 2.45) is 0 Å². The largest absolute Gasteiger partial charge is 0.330 e. The van der Waals surface area contributed by atoms with Gasteiger partial charge in [-0.1, -0.05) is 0 Å². The number of quaternary nitrogens is 1.